The molecule has 0 spiro atoms. The minimum absolute atomic E-state index is 0.345. The van der Waals surface area contributed by atoms with Crippen molar-refractivity contribution in [2.45, 2.75) is 51.9 Å². The summed E-state index contributed by atoms with van der Waals surface area (Å²) >= 11 is 0. The normalized spacial score (nSPS) is 18.6. The zero-order chi connectivity index (χ0) is 17.6. The summed E-state index contributed by atoms with van der Waals surface area (Å²) in [5.74, 6) is 3.05. The Balaban J connectivity index is 1.62. The molecule has 3 rings (SSSR count). The molecule has 1 aromatic rings. The van der Waals surface area contributed by atoms with E-state index in [-0.39, 0.29) is 0 Å². The quantitative estimate of drug-likeness (QED) is 0.731. The molecule has 0 aromatic heterocycles. The topological polar surface area (TPSA) is 34.1 Å². The van der Waals surface area contributed by atoms with Crippen LogP contribution in [0.4, 0.5) is 0 Å². The van der Waals surface area contributed by atoms with Crippen LogP contribution in [0.3, 0.4) is 0 Å². The Morgan fingerprint density at radius 2 is 1.80 bits per heavy atom. The summed E-state index contributed by atoms with van der Waals surface area (Å²) in [6.45, 7) is 8.19. The maximum absolute atomic E-state index is 5.57. The van der Waals surface area contributed by atoms with Crippen molar-refractivity contribution in [3.8, 4) is 11.5 Å². The van der Waals surface area contributed by atoms with Crippen LogP contribution in [0.2, 0.25) is 0 Å². The highest BCUT2D eigenvalue weighted by Crippen LogP contribution is 2.37. The van der Waals surface area contributed by atoms with Gasteiger partial charge in [-0.25, -0.2) is 0 Å². The number of fused-ring (bicyclic) bond motifs is 1. The number of nitrogens with zero attached hydrogens (tertiary/aromatic N) is 2. The Morgan fingerprint density at radius 1 is 1.04 bits per heavy atom. The first-order chi connectivity index (χ1) is 12.1. The fourth-order valence-corrected chi connectivity index (χ4v) is 3.59. The third-order valence-electron chi connectivity index (χ3n) is 5.34. The fraction of sp³-hybridized carbons (Fsp3) is 0.667. The van der Waals surface area contributed by atoms with Crippen LogP contribution in [0, 0.1) is 5.92 Å². The van der Waals surface area contributed by atoms with Crippen molar-refractivity contribution in [1.29, 1.82) is 0 Å². The van der Waals surface area contributed by atoms with Gasteiger partial charge in [-0.3, -0.25) is 4.99 Å². The molecule has 25 heavy (non-hydrogen) atoms. The third-order valence-corrected chi connectivity index (χ3v) is 5.34. The number of likely N-dealkylation sites (tertiary alicyclic amines) is 1. The molecule has 0 radical (unpaired) electrons. The maximum atomic E-state index is 5.57. The van der Waals surface area contributed by atoms with E-state index in [1.165, 1.54) is 24.1 Å². The van der Waals surface area contributed by atoms with Crippen molar-refractivity contribution in [3.63, 3.8) is 0 Å². The van der Waals surface area contributed by atoms with E-state index in [0.717, 1.165) is 56.3 Å². The molecule has 1 fully saturated rings. The molecule has 4 nitrogen and oxygen atoms in total. The molecule has 0 N–H and O–H groups in total. The minimum Gasteiger partial charge on any atom is -0.454 e. The summed E-state index contributed by atoms with van der Waals surface area (Å²) in [5.41, 5.74) is 2.78. The Hall–Kier alpha value is -1.55. The van der Waals surface area contributed by atoms with E-state index < -0.39 is 0 Å². The molecule has 0 aliphatic carbocycles. The van der Waals surface area contributed by atoms with E-state index >= 15 is 0 Å². The first kappa shape index (κ1) is 18.2. The van der Waals surface area contributed by atoms with Crippen molar-refractivity contribution in [2.75, 3.05) is 33.5 Å². The molecule has 2 heterocycles. The molecule has 0 unspecified atom stereocenters. The summed E-state index contributed by atoms with van der Waals surface area (Å²) in [5, 5.41) is 0. The number of aliphatic imine (C=N–C) groups is 1. The molecule has 1 atom stereocenters. The molecule has 0 saturated carbocycles. The van der Waals surface area contributed by atoms with Gasteiger partial charge >= 0.3 is 0 Å². The van der Waals surface area contributed by atoms with Crippen molar-refractivity contribution >= 4 is 5.71 Å². The van der Waals surface area contributed by atoms with E-state index in [1.54, 1.807) is 0 Å². The van der Waals surface area contributed by atoms with Crippen LogP contribution in [0.25, 0.3) is 0 Å². The van der Waals surface area contributed by atoms with Gasteiger partial charge < -0.3 is 14.4 Å². The molecule has 138 valence electrons. The van der Waals surface area contributed by atoms with Crippen LogP contribution in [0.5, 0.6) is 11.5 Å². The molecule has 1 saturated heterocycles. The SMILES string of the molecule is CC(C)CC[C@@H](CCN=C1CCN(C)CC1)c1ccc2c(c1)OCO2. The van der Waals surface area contributed by atoms with Crippen molar-refractivity contribution in [2.24, 2.45) is 10.9 Å². The zero-order valence-corrected chi connectivity index (χ0v) is 16.0. The van der Waals surface area contributed by atoms with Crippen LogP contribution in [-0.4, -0.2) is 44.1 Å². The lowest BCUT2D eigenvalue weighted by atomic mass is 9.88. The second kappa shape index (κ2) is 8.70. The van der Waals surface area contributed by atoms with Gasteiger partial charge in [0, 0.05) is 25.3 Å². The van der Waals surface area contributed by atoms with Gasteiger partial charge in [0.1, 0.15) is 0 Å². The number of hydrogen-bond donors (Lipinski definition) is 0. The van der Waals surface area contributed by atoms with Gasteiger partial charge in [0.25, 0.3) is 0 Å². The van der Waals surface area contributed by atoms with Crippen LogP contribution in [0.1, 0.15) is 57.4 Å². The number of rotatable bonds is 7. The highest BCUT2D eigenvalue weighted by atomic mass is 16.7. The number of ether oxygens (including phenoxy) is 2. The van der Waals surface area contributed by atoms with Gasteiger partial charge in [0.05, 0.1) is 0 Å². The largest absolute Gasteiger partial charge is 0.454 e. The molecule has 4 heteroatoms. The predicted octanol–water partition coefficient (Wildman–Crippen LogP) is 4.49. The van der Waals surface area contributed by atoms with Gasteiger partial charge in [0.2, 0.25) is 6.79 Å². The lowest BCUT2D eigenvalue weighted by molar-refractivity contribution is 0.174. The number of hydrogen-bond acceptors (Lipinski definition) is 4. The van der Waals surface area contributed by atoms with Gasteiger partial charge in [-0.15, -0.1) is 0 Å². The van der Waals surface area contributed by atoms with Crippen LogP contribution >= 0.6 is 0 Å². The lowest BCUT2D eigenvalue weighted by Gasteiger charge is -2.23. The first-order valence-electron chi connectivity index (χ1n) is 9.72. The molecule has 0 amide bonds. The minimum atomic E-state index is 0.345. The van der Waals surface area contributed by atoms with E-state index in [1.807, 2.05) is 0 Å². The van der Waals surface area contributed by atoms with E-state index in [0.29, 0.717) is 12.7 Å². The summed E-state index contributed by atoms with van der Waals surface area (Å²) in [4.78, 5) is 7.30. The van der Waals surface area contributed by atoms with Crippen LogP contribution in [-0.2, 0) is 0 Å². The smallest absolute Gasteiger partial charge is 0.231 e. The average Bonchev–Trinajstić information content (AvgIpc) is 3.07. The standard InChI is InChI=1S/C21H32N2O2/c1-16(2)4-5-17(8-11-22-19-9-12-23(3)13-10-19)18-6-7-20-21(14-18)25-15-24-20/h6-7,14,16-17H,4-5,8-13,15H2,1-3H3/t17-/m0/s1. The predicted molar refractivity (Wildman–Crippen MR) is 103 cm³/mol. The summed E-state index contributed by atoms with van der Waals surface area (Å²) in [6.07, 6.45) is 5.85. The van der Waals surface area contributed by atoms with Gasteiger partial charge in [-0.05, 0) is 62.3 Å². The van der Waals surface area contributed by atoms with Crippen molar-refractivity contribution < 1.29 is 9.47 Å². The summed E-state index contributed by atoms with van der Waals surface area (Å²) in [7, 11) is 2.19. The molecule has 0 bridgehead atoms. The van der Waals surface area contributed by atoms with Gasteiger partial charge in [-0.2, -0.15) is 0 Å². The molecular weight excluding hydrogens is 312 g/mol. The Kier molecular flexibility index (Phi) is 6.35. The summed E-state index contributed by atoms with van der Waals surface area (Å²) in [6, 6.07) is 6.44. The van der Waals surface area contributed by atoms with Crippen molar-refractivity contribution in [1.82, 2.24) is 4.90 Å². The van der Waals surface area contributed by atoms with E-state index in [4.69, 9.17) is 14.5 Å². The highest BCUT2D eigenvalue weighted by molar-refractivity contribution is 5.85. The van der Waals surface area contributed by atoms with Crippen LogP contribution in [0.15, 0.2) is 23.2 Å². The fourth-order valence-electron chi connectivity index (χ4n) is 3.59. The summed E-state index contributed by atoms with van der Waals surface area (Å²) < 4.78 is 11.0. The third kappa shape index (κ3) is 5.21. The number of piperidine rings is 1. The van der Waals surface area contributed by atoms with E-state index in [9.17, 15) is 0 Å². The Bertz CT molecular complexity index is 588. The highest BCUT2D eigenvalue weighted by Gasteiger charge is 2.18. The van der Waals surface area contributed by atoms with Crippen LogP contribution < -0.4 is 9.47 Å². The average molecular weight is 344 g/mol. The molecule has 1 aromatic carbocycles. The van der Waals surface area contributed by atoms with Crippen molar-refractivity contribution in [3.05, 3.63) is 23.8 Å². The first-order valence-corrected chi connectivity index (χ1v) is 9.72. The van der Waals surface area contributed by atoms with Gasteiger partial charge in [-0.1, -0.05) is 26.3 Å². The monoisotopic (exact) mass is 344 g/mol. The Morgan fingerprint density at radius 3 is 2.56 bits per heavy atom. The van der Waals surface area contributed by atoms with Gasteiger partial charge in [0.15, 0.2) is 11.5 Å². The lowest BCUT2D eigenvalue weighted by Crippen LogP contribution is -2.30. The molecule has 2 aliphatic rings. The van der Waals surface area contributed by atoms with E-state index in [2.05, 4.69) is 44.0 Å². The molecule has 2 aliphatic heterocycles. The maximum Gasteiger partial charge on any atom is 0.231 e. The number of benzene rings is 1. The Labute approximate surface area is 152 Å². The second-order valence-electron chi connectivity index (χ2n) is 7.82. The second-order valence-corrected chi connectivity index (χ2v) is 7.82. The molecular formula is C21H32N2O2. The zero-order valence-electron chi connectivity index (χ0n) is 16.0.